The number of para-hydroxylation sites is 1. The van der Waals surface area contributed by atoms with Crippen LogP contribution >= 0.6 is 0 Å². The Bertz CT molecular complexity index is 838. The van der Waals surface area contributed by atoms with Crippen molar-refractivity contribution in [3.63, 3.8) is 0 Å². The van der Waals surface area contributed by atoms with Gasteiger partial charge in [-0.05, 0) is 49.2 Å². The van der Waals surface area contributed by atoms with Gasteiger partial charge in [0.15, 0.2) is 6.10 Å². The number of carbonyl (C=O) groups is 2. The van der Waals surface area contributed by atoms with E-state index < -0.39 is 6.10 Å². The molecule has 0 bridgehead atoms. The van der Waals surface area contributed by atoms with E-state index in [0.717, 1.165) is 0 Å². The van der Waals surface area contributed by atoms with E-state index in [1.807, 2.05) is 19.9 Å². The smallest absolute Gasteiger partial charge is 0.265 e. The van der Waals surface area contributed by atoms with Crippen LogP contribution in [0.2, 0.25) is 0 Å². The van der Waals surface area contributed by atoms with Crippen LogP contribution in [0, 0.1) is 17.2 Å². The Labute approximate surface area is 159 Å². The van der Waals surface area contributed by atoms with Gasteiger partial charge in [-0.3, -0.25) is 9.59 Å². The summed E-state index contributed by atoms with van der Waals surface area (Å²) >= 11 is 0. The minimum Gasteiger partial charge on any atom is -0.481 e. The summed E-state index contributed by atoms with van der Waals surface area (Å²) in [6, 6.07) is 15.4. The summed E-state index contributed by atoms with van der Waals surface area (Å²) in [7, 11) is 0. The molecule has 0 saturated carbocycles. The van der Waals surface area contributed by atoms with Crippen molar-refractivity contribution in [2.24, 2.45) is 5.92 Å². The van der Waals surface area contributed by atoms with Crippen molar-refractivity contribution in [2.75, 3.05) is 11.9 Å². The molecule has 0 aliphatic carbocycles. The van der Waals surface area contributed by atoms with Crippen LogP contribution in [0.5, 0.6) is 5.75 Å². The SMILES string of the molecule is CC(C)CNC(=O)c1ccccc1NC(=O)C(C)Oc1ccc(C#N)cc1. The van der Waals surface area contributed by atoms with E-state index in [4.69, 9.17) is 10.00 Å². The van der Waals surface area contributed by atoms with Crippen LogP contribution in [-0.2, 0) is 4.79 Å². The quantitative estimate of drug-likeness (QED) is 0.787. The maximum Gasteiger partial charge on any atom is 0.265 e. The molecule has 0 aromatic heterocycles. The first-order chi connectivity index (χ1) is 12.9. The van der Waals surface area contributed by atoms with Gasteiger partial charge >= 0.3 is 0 Å². The molecule has 2 aromatic rings. The molecular weight excluding hydrogens is 342 g/mol. The number of nitrogens with zero attached hydrogens (tertiary/aromatic N) is 1. The maximum absolute atomic E-state index is 12.5. The first kappa shape index (κ1) is 20.0. The van der Waals surface area contributed by atoms with Crippen molar-refractivity contribution in [2.45, 2.75) is 26.9 Å². The van der Waals surface area contributed by atoms with Crippen molar-refractivity contribution in [3.8, 4) is 11.8 Å². The molecule has 2 amide bonds. The number of ether oxygens (including phenoxy) is 1. The van der Waals surface area contributed by atoms with Gasteiger partial charge in [0.05, 0.1) is 22.9 Å². The molecule has 0 radical (unpaired) electrons. The molecule has 140 valence electrons. The normalized spacial score (nSPS) is 11.4. The molecule has 2 aromatic carbocycles. The second kappa shape index (κ2) is 9.39. The van der Waals surface area contributed by atoms with Gasteiger partial charge in [-0.1, -0.05) is 26.0 Å². The zero-order valence-electron chi connectivity index (χ0n) is 15.7. The van der Waals surface area contributed by atoms with Crippen LogP contribution < -0.4 is 15.4 Å². The number of hydrogen-bond acceptors (Lipinski definition) is 4. The fourth-order valence-electron chi connectivity index (χ4n) is 2.28. The van der Waals surface area contributed by atoms with Crippen molar-refractivity contribution in [3.05, 3.63) is 59.7 Å². The van der Waals surface area contributed by atoms with Crippen molar-refractivity contribution in [1.29, 1.82) is 5.26 Å². The van der Waals surface area contributed by atoms with Crippen molar-refractivity contribution in [1.82, 2.24) is 5.32 Å². The van der Waals surface area contributed by atoms with E-state index in [-0.39, 0.29) is 11.8 Å². The molecule has 1 unspecified atom stereocenters. The number of amides is 2. The minimum absolute atomic E-state index is 0.236. The van der Waals surface area contributed by atoms with Crippen LogP contribution in [0.25, 0.3) is 0 Å². The fourth-order valence-corrected chi connectivity index (χ4v) is 2.28. The summed E-state index contributed by atoms with van der Waals surface area (Å²) in [5.74, 6) is 0.208. The Balaban J connectivity index is 2.04. The second-order valence-electron chi connectivity index (χ2n) is 6.53. The highest BCUT2D eigenvalue weighted by atomic mass is 16.5. The standard InChI is InChI=1S/C21H23N3O3/c1-14(2)13-23-21(26)18-6-4-5-7-19(18)24-20(25)15(3)27-17-10-8-16(12-22)9-11-17/h4-11,14-15H,13H2,1-3H3,(H,23,26)(H,24,25). The van der Waals surface area contributed by atoms with E-state index in [2.05, 4.69) is 10.6 Å². The fraction of sp³-hybridized carbons (Fsp3) is 0.286. The molecule has 0 aliphatic heterocycles. The van der Waals surface area contributed by atoms with E-state index >= 15 is 0 Å². The van der Waals surface area contributed by atoms with Gasteiger partial charge in [0.1, 0.15) is 5.75 Å². The first-order valence-corrected chi connectivity index (χ1v) is 8.75. The van der Waals surface area contributed by atoms with Crippen LogP contribution in [0.1, 0.15) is 36.7 Å². The molecule has 0 aliphatic rings. The molecule has 0 fully saturated rings. The van der Waals surface area contributed by atoms with Crippen molar-refractivity contribution < 1.29 is 14.3 Å². The molecule has 6 nitrogen and oxygen atoms in total. The van der Waals surface area contributed by atoms with Crippen molar-refractivity contribution >= 4 is 17.5 Å². The zero-order chi connectivity index (χ0) is 19.8. The van der Waals surface area contributed by atoms with Gasteiger partial charge in [-0.15, -0.1) is 0 Å². The third-order valence-corrected chi connectivity index (χ3v) is 3.77. The molecule has 2 N–H and O–H groups in total. The molecular formula is C21H23N3O3. The Morgan fingerprint density at radius 3 is 2.37 bits per heavy atom. The molecule has 0 saturated heterocycles. The number of nitriles is 1. The van der Waals surface area contributed by atoms with Crippen LogP contribution in [0.15, 0.2) is 48.5 Å². The summed E-state index contributed by atoms with van der Waals surface area (Å²) in [6.07, 6.45) is -0.773. The average Bonchev–Trinajstić information content (AvgIpc) is 2.67. The maximum atomic E-state index is 12.5. The highest BCUT2D eigenvalue weighted by molar-refractivity contribution is 6.04. The summed E-state index contributed by atoms with van der Waals surface area (Å²) in [6.45, 7) is 6.20. The van der Waals surface area contributed by atoms with E-state index in [0.29, 0.717) is 35.0 Å². The molecule has 27 heavy (non-hydrogen) atoms. The summed E-state index contributed by atoms with van der Waals surface area (Å²) in [5.41, 5.74) is 1.34. The van der Waals surface area contributed by atoms with Gasteiger partial charge in [-0.25, -0.2) is 0 Å². The lowest BCUT2D eigenvalue weighted by molar-refractivity contribution is -0.122. The topological polar surface area (TPSA) is 91.2 Å². The lowest BCUT2D eigenvalue weighted by Gasteiger charge is -2.16. The number of rotatable bonds is 7. The average molecular weight is 365 g/mol. The van der Waals surface area contributed by atoms with Gasteiger partial charge < -0.3 is 15.4 Å². The number of hydrogen-bond donors (Lipinski definition) is 2. The van der Waals surface area contributed by atoms with E-state index in [1.165, 1.54) is 0 Å². The number of anilines is 1. The van der Waals surface area contributed by atoms with Gasteiger partial charge in [0.2, 0.25) is 0 Å². The molecule has 0 heterocycles. The number of benzene rings is 2. The third kappa shape index (κ3) is 5.86. The highest BCUT2D eigenvalue weighted by Crippen LogP contribution is 2.17. The zero-order valence-corrected chi connectivity index (χ0v) is 15.7. The lowest BCUT2D eigenvalue weighted by atomic mass is 10.1. The summed E-state index contributed by atoms with van der Waals surface area (Å²) < 4.78 is 5.61. The Morgan fingerprint density at radius 2 is 1.74 bits per heavy atom. The predicted octanol–water partition coefficient (Wildman–Crippen LogP) is 3.35. The van der Waals surface area contributed by atoms with E-state index in [1.54, 1.807) is 55.5 Å². The monoisotopic (exact) mass is 365 g/mol. The molecule has 2 rings (SSSR count). The largest absolute Gasteiger partial charge is 0.481 e. The Kier molecular flexibility index (Phi) is 6.95. The highest BCUT2D eigenvalue weighted by Gasteiger charge is 2.18. The second-order valence-corrected chi connectivity index (χ2v) is 6.53. The number of nitrogens with one attached hydrogen (secondary N) is 2. The first-order valence-electron chi connectivity index (χ1n) is 8.75. The predicted molar refractivity (Wildman–Crippen MR) is 103 cm³/mol. The van der Waals surface area contributed by atoms with Crippen LogP contribution in [0.3, 0.4) is 0 Å². The molecule has 1 atom stereocenters. The lowest BCUT2D eigenvalue weighted by Crippen LogP contribution is -2.32. The van der Waals surface area contributed by atoms with Gasteiger partial charge in [0.25, 0.3) is 11.8 Å². The summed E-state index contributed by atoms with van der Waals surface area (Å²) in [4.78, 5) is 24.8. The molecule has 6 heteroatoms. The van der Waals surface area contributed by atoms with E-state index in [9.17, 15) is 9.59 Å². The van der Waals surface area contributed by atoms with Crippen LogP contribution in [0.4, 0.5) is 5.69 Å². The van der Waals surface area contributed by atoms with Crippen LogP contribution in [-0.4, -0.2) is 24.5 Å². The Morgan fingerprint density at radius 1 is 1.07 bits per heavy atom. The third-order valence-electron chi connectivity index (χ3n) is 3.77. The minimum atomic E-state index is -0.773. The van der Waals surface area contributed by atoms with Gasteiger partial charge in [-0.2, -0.15) is 5.26 Å². The number of carbonyl (C=O) groups excluding carboxylic acids is 2. The molecule has 0 spiro atoms. The Hall–Kier alpha value is -3.33. The van der Waals surface area contributed by atoms with Gasteiger partial charge in [0, 0.05) is 6.54 Å². The summed E-state index contributed by atoms with van der Waals surface area (Å²) in [5, 5.41) is 14.4.